The van der Waals surface area contributed by atoms with E-state index in [2.05, 4.69) is 43.2 Å². The Morgan fingerprint density at radius 3 is 2.93 bits per heavy atom. The van der Waals surface area contributed by atoms with E-state index in [1.165, 1.54) is 11.1 Å². The minimum absolute atomic E-state index is 0.139. The molecule has 1 unspecified atom stereocenters. The first-order chi connectivity index (χ1) is 13.4. The highest BCUT2D eigenvalue weighted by molar-refractivity contribution is 14.1. The van der Waals surface area contributed by atoms with Gasteiger partial charge < -0.3 is 20.6 Å². The number of carbonyl (C=O) groups is 1. The van der Waals surface area contributed by atoms with Crippen molar-refractivity contribution in [1.29, 1.82) is 0 Å². The van der Waals surface area contributed by atoms with Crippen LogP contribution in [0.4, 0.5) is 22.2 Å². The maximum Gasteiger partial charge on any atom is 0.407 e. The fourth-order valence-corrected chi connectivity index (χ4v) is 3.57. The topological polar surface area (TPSA) is 134 Å². The number of nitro groups is 1. The number of rotatable bonds is 7. The molecule has 1 aliphatic rings. The zero-order valence-electron chi connectivity index (χ0n) is 14.8. The van der Waals surface area contributed by atoms with E-state index in [1.807, 2.05) is 24.3 Å². The van der Waals surface area contributed by atoms with Gasteiger partial charge in [-0.1, -0.05) is 12.1 Å². The Morgan fingerprint density at radius 2 is 2.25 bits per heavy atom. The fraction of sp³-hybridized carbons (Fsp3) is 0.353. The van der Waals surface area contributed by atoms with Gasteiger partial charge >= 0.3 is 11.8 Å². The van der Waals surface area contributed by atoms with Gasteiger partial charge in [0.25, 0.3) is 0 Å². The molecule has 1 amide bonds. The van der Waals surface area contributed by atoms with Crippen LogP contribution in [0.2, 0.25) is 0 Å². The fourth-order valence-electron chi connectivity index (χ4n) is 2.97. The number of halogens is 1. The molecule has 1 aromatic heterocycles. The molecule has 2 heterocycles. The summed E-state index contributed by atoms with van der Waals surface area (Å²) in [6, 6.07) is 7.79. The molecule has 0 bridgehead atoms. The first-order valence-corrected chi connectivity index (χ1v) is 9.71. The van der Waals surface area contributed by atoms with Crippen molar-refractivity contribution in [2.45, 2.75) is 13.0 Å². The third-order valence-electron chi connectivity index (χ3n) is 4.42. The summed E-state index contributed by atoms with van der Waals surface area (Å²) in [6.45, 7) is 1.85. The van der Waals surface area contributed by atoms with E-state index in [0.717, 1.165) is 15.6 Å². The van der Waals surface area contributed by atoms with Gasteiger partial charge in [0.15, 0.2) is 0 Å². The van der Waals surface area contributed by atoms with E-state index < -0.39 is 11.0 Å². The average Bonchev–Trinajstić information content (AvgIpc) is 3.14. The molecule has 0 radical (unpaired) electrons. The zero-order valence-corrected chi connectivity index (χ0v) is 17.0. The second kappa shape index (κ2) is 8.99. The van der Waals surface area contributed by atoms with Crippen LogP contribution in [0.15, 0.2) is 30.5 Å². The first kappa shape index (κ1) is 20.0. The number of likely N-dealkylation sites (tertiary alicyclic amines) is 1. The maximum atomic E-state index is 11.3. The lowest BCUT2D eigenvalue weighted by Crippen LogP contribution is -2.28. The summed E-state index contributed by atoms with van der Waals surface area (Å²) in [7, 11) is 0. The van der Waals surface area contributed by atoms with Gasteiger partial charge in [-0.3, -0.25) is 10.1 Å². The van der Waals surface area contributed by atoms with Crippen molar-refractivity contribution in [3.63, 3.8) is 0 Å². The molecule has 10 nitrogen and oxygen atoms in total. The second-order valence-corrected chi connectivity index (χ2v) is 7.68. The van der Waals surface area contributed by atoms with E-state index in [9.17, 15) is 14.9 Å². The highest BCUT2D eigenvalue weighted by Crippen LogP contribution is 2.23. The van der Waals surface area contributed by atoms with Gasteiger partial charge in [-0.25, -0.2) is 9.78 Å². The molecular formula is C17H19IN6O4. The molecule has 3 N–H and O–H groups in total. The third-order valence-corrected chi connectivity index (χ3v) is 5.09. The van der Waals surface area contributed by atoms with Crippen LogP contribution in [0.25, 0.3) is 0 Å². The van der Waals surface area contributed by atoms with Gasteiger partial charge in [-0.2, -0.15) is 4.98 Å². The van der Waals surface area contributed by atoms with Crippen molar-refractivity contribution < 1.29 is 14.8 Å². The zero-order chi connectivity index (χ0) is 20.1. The smallest absolute Gasteiger partial charge is 0.407 e. The molecule has 1 aromatic carbocycles. The first-order valence-electron chi connectivity index (χ1n) is 8.64. The van der Waals surface area contributed by atoms with Gasteiger partial charge in [0, 0.05) is 29.7 Å². The molecule has 148 valence electrons. The summed E-state index contributed by atoms with van der Waals surface area (Å²) < 4.78 is 1.07. The SMILES string of the molecule is O=C(O)N1CCC(CNc2ncc([N+](=O)[O-])c(NCc3cccc(I)c3)n2)C1. The molecule has 1 fully saturated rings. The Kier molecular flexibility index (Phi) is 6.44. The van der Waals surface area contributed by atoms with Crippen LogP contribution in [0.3, 0.4) is 0 Å². The number of nitrogens with one attached hydrogen (secondary N) is 2. The van der Waals surface area contributed by atoms with E-state index in [-0.39, 0.29) is 23.4 Å². The van der Waals surface area contributed by atoms with Crippen LogP contribution in [-0.2, 0) is 6.54 Å². The highest BCUT2D eigenvalue weighted by Gasteiger charge is 2.26. The van der Waals surface area contributed by atoms with Gasteiger partial charge in [0.05, 0.1) is 4.92 Å². The molecule has 1 aliphatic heterocycles. The van der Waals surface area contributed by atoms with E-state index >= 15 is 0 Å². The third kappa shape index (κ3) is 5.18. The summed E-state index contributed by atoms with van der Waals surface area (Å²) in [5.74, 6) is 0.558. The number of benzene rings is 1. The van der Waals surface area contributed by atoms with Crippen LogP contribution in [-0.4, -0.2) is 50.6 Å². The Hall–Kier alpha value is -2.70. The van der Waals surface area contributed by atoms with Crippen LogP contribution in [0, 0.1) is 19.6 Å². The van der Waals surface area contributed by atoms with Gasteiger partial charge in [0.1, 0.15) is 6.20 Å². The highest BCUT2D eigenvalue weighted by atomic mass is 127. The van der Waals surface area contributed by atoms with Gasteiger partial charge in [-0.05, 0) is 52.6 Å². The monoisotopic (exact) mass is 498 g/mol. The Balaban J connectivity index is 1.65. The summed E-state index contributed by atoms with van der Waals surface area (Å²) in [5, 5.41) is 26.3. The quantitative estimate of drug-likeness (QED) is 0.302. The number of anilines is 2. The van der Waals surface area contributed by atoms with Crippen molar-refractivity contribution in [1.82, 2.24) is 14.9 Å². The minimum atomic E-state index is -0.920. The van der Waals surface area contributed by atoms with E-state index in [0.29, 0.717) is 26.2 Å². The number of aromatic nitrogens is 2. The van der Waals surface area contributed by atoms with Gasteiger partial charge in [0.2, 0.25) is 11.8 Å². The number of carboxylic acid groups (broad SMARTS) is 1. The van der Waals surface area contributed by atoms with E-state index in [1.54, 1.807) is 0 Å². The molecule has 3 rings (SSSR count). The maximum absolute atomic E-state index is 11.3. The summed E-state index contributed by atoms with van der Waals surface area (Å²) in [6.07, 6.45) is 1.01. The Bertz CT molecular complexity index is 880. The number of amides is 1. The number of hydrogen-bond donors (Lipinski definition) is 3. The molecule has 0 spiro atoms. The van der Waals surface area contributed by atoms with Gasteiger partial charge in [-0.15, -0.1) is 0 Å². The van der Waals surface area contributed by atoms with Crippen LogP contribution in [0.1, 0.15) is 12.0 Å². The lowest BCUT2D eigenvalue weighted by Gasteiger charge is -2.13. The number of hydrogen-bond acceptors (Lipinski definition) is 7. The van der Waals surface area contributed by atoms with Crippen molar-refractivity contribution >= 4 is 46.1 Å². The van der Waals surface area contributed by atoms with Crippen molar-refractivity contribution in [3.05, 3.63) is 49.7 Å². The van der Waals surface area contributed by atoms with Crippen LogP contribution >= 0.6 is 22.6 Å². The second-order valence-electron chi connectivity index (χ2n) is 6.43. The molecule has 2 aromatic rings. The molecular weight excluding hydrogens is 479 g/mol. The number of nitrogens with zero attached hydrogens (tertiary/aromatic N) is 4. The predicted octanol–water partition coefficient (Wildman–Crippen LogP) is 3.01. The van der Waals surface area contributed by atoms with E-state index in [4.69, 9.17) is 5.11 Å². The van der Waals surface area contributed by atoms with Crippen molar-refractivity contribution in [2.24, 2.45) is 5.92 Å². The molecule has 28 heavy (non-hydrogen) atoms. The summed E-state index contributed by atoms with van der Waals surface area (Å²) in [4.78, 5) is 31.4. The standard InChI is InChI=1S/C17H19IN6O4/c18-13-3-1-2-11(6-13)7-19-15-14(24(27)28)9-21-16(22-15)20-8-12-4-5-23(10-12)17(25)26/h1-3,6,9,12H,4-5,7-8,10H2,(H,25,26)(H2,19,20,21,22). The lowest BCUT2D eigenvalue weighted by molar-refractivity contribution is -0.384. The molecule has 11 heteroatoms. The molecule has 1 atom stereocenters. The molecule has 1 saturated heterocycles. The van der Waals surface area contributed by atoms with Crippen molar-refractivity contribution in [2.75, 3.05) is 30.3 Å². The average molecular weight is 498 g/mol. The lowest BCUT2D eigenvalue weighted by atomic mass is 10.1. The Morgan fingerprint density at radius 1 is 1.43 bits per heavy atom. The molecule has 0 saturated carbocycles. The predicted molar refractivity (Wildman–Crippen MR) is 111 cm³/mol. The minimum Gasteiger partial charge on any atom is -0.465 e. The Labute approximate surface area is 174 Å². The largest absolute Gasteiger partial charge is 0.465 e. The van der Waals surface area contributed by atoms with Crippen LogP contribution < -0.4 is 10.6 Å². The summed E-state index contributed by atoms with van der Waals surface area (Å²) in [5.41, 5.74) is 0.781. The van der Waals surface area contributed by atoms with Crippen molar-refractivity contribution in [3.8, 4) is 0 Å². The normalized spacial score (nSPS) is 16.0. The molecule has 0 aliphatic carbocycles. The summed E-state index contributed by atoms with van der Waals surface area (Å²) >= 11 is 2.21. The van der Waals surface area contributed by atoms with Crippen LogP contribution in [0.5, 0.6) is 0 Å².